The highest BCUT2D eigenvalue weighted by atomic mass is 16.5. The van der Waals surface area contributed by atoms with Gasteiger partial charge in [-0.15, -0.1) is 0 Å². The van der Waals surface area contributed by atoms with E-state index in [2.05, 4.69) is 6.07 Å². The summed E-state index contributed by atoms with van der Waals surface area (Å²) >= 11 is 0. The molecule has 80 valence electrons. The van der Waals surface area contributed by atoms with E-state index in [0.29, 0.717) is 0 Å². The van der Waals surface area contributed by atoms with E-state index in [-0.39, 0.29) is 5.41 Å². The van der Waals surface area contributed by atoms with Crippen molar-refractivity contribution < 1.29 is 4.74 Å². The maximum Gasteiger partial charge on any atom is 0.0689 e. The van der Waals surface area contributed by atoms with Gasteiger partial charge in [-0.25, -0.2) is 0 Å². The molecule has 1 aliphatic rings. The highest BCUT2D eigenvalue weighted by Crippen LogP contribution is 2.38. The first-order chi connectivity index (χ1) is 6.83. The lowest BCUT2D eigenvalue weighted by Gasteiger charge is -2.24. The maximum atomic E-state index is 9.28. The SMILES string of the molecule is COCCCC1(C#N)CCCCCC1. The molecule has 1 saturated carbocycles. The second-order valence-electron chi connectivity index (χ2n) is 4.40. The van der Waals surface area contributed by atoms with Gasteiger partial charge >= 0.3 is 0 Å². The van der Waals surface area contributed by atoms with E-state index < -0.39 is 0 Å². The van der Waals surface area contributed by atoms with Crippen molar-refractivity contribution in [1.29, 1.82) is 5.26 Å². The molecule has 0 aliphatic heterocycles. The van der Waals surface area contributed by atoms with Crippen molar-refractivity contribution in [1.82, 2.24) is 0 Å². The van der Waals surface area contributed by atoms with E-state index in [1.807, 2.05) is 0 Å². The standard InChI is InChI=1S/C12H21NO/c1-14-10-6-9-12(11-13)7-4-2-3-5-8-12/h2-10H2,1H3. The van der Waals surface area contributed by atoms with E-state index in [4.69, 9.17) is 4.74 Å². The number of methoxy groups -OCH3 is 1. The fraction of sp³-hybridized carbons (Fsp3) is 0.917. The van der Waals surface area contributed by atoms with Crippen LogP contribution in [0.3, 0.4) is 0 Å². The first-order valence-electron chi connectivity index (χ1n) is 5.73. The van der Waals surface area contributed by atoms with Crippen LogP contribution in [0, 0.1) is 16.7 Å². The Bertz CT molecular complexity index is 187. The zero-order chi connectivity index (χ0) is 10.3. The molecular formula is C12H21NO. The topological polar surface area (TPSA) is 33.0 Å². The molecule has 14 heavy (non-hydrogen) atoms. The van der Waals surface area contributed by atoms with Gasteiger partial charge in [0.15, 0.2) is 0 Å². The van der Waals surface area contributed by atoms with Gasteiger partial charge in [0.2, 0.25) is 0 Å². The summed E-state index contributed by atoms with van der Waals surface area (Å²) in [5, 5.41) is 9.28. The molecule has 0 spiro atoms. The monoisotopic (exact) mass is 195 g/mol. The Kier molecular flexibility index (Phi) is 4.97. The number of rotatable bonds is 4. The lowest BCUT2D eigenvalue weighted by atomic mass is 9.78. The largest absolute Gasteiger partial charge is 0.385 e. The molecular weight excluding hydrogens is 174 g/mol. The van der Waals surface area contributed by atoms with Crippen LogP contribution in [0.1, 0.15) is 51.4 Å². The highest BCUT2D eigenvalue weighted by molar-refractivity contribution is 4.99. The Balaban J connectivity index is 2.42. The summed E-state index contributed by atoms with van der Waals surface area (Å²) in [6, 6.07) is 2.56. The first-order valence-corrected chi connectivity index (χ1v) is 5.73. The smallest absolute Gasteiger partial charge is 0.0689 e. The van der Waals surface area contributed by atoms with Gasteiger partial charge in [-0.2, -0.15) is 5.26 Å². The average molecular weight is 195 g/mol. The first kappa shape index (κ1) is 11.5. The van der Waals surface area contributed by atoms with Crippen LogP contribution in [0.5, 0.6) is 0 Å². The van der Waals surface area contributed by atoms with Gasteiger partial charge < -0.3 is 4.74 Å². The van der Waals surface area contributed by atoms with Crippen molar-refractivity contribution >= 4 is 0 Å². The molecule has 2 heteroatoms. The molecule has 0 atom stereocenters. The lowest BCUT2D eigenvalue weighted by molar-refractivity contribution is 0.174. The predicted molar refractivity (Wildman–Crippen MR) is 56.9 cm³/mol. The van der Waals surface area contributed by atoms with Gasteiger partial charge in [0.05, 0.1) is 11.5 Å². The summed E-state index contributed by atoms with van der Waals surface area (Å²) in [5.41, 5.74) is -0.0188. The van der Waals surface area contributed by atoms with Gasteiger partial charge in [-0.1, -0.05) is 25.7 Å². The van der Waals surface area contributed by atoms with E-state index in [1.54, 1.807) is 7.11 Å². The quantitative estimate of drug-likeness (QED) is 0.509. The molecule has 0 unspecified atom stereocenters. The molecule has 0 heterocycles. The Labute approximate surface area is 87.3 Å². The molecule has 0 aromatic rings. The summed E-state index contributed by atoms with van der Waals surface area (Å²) in [5.74, 6) is 0. The number of nitrogens with zero attached hydrogens (tertiary/aromatic N) is 1. The van der Waals surface area contributed by atoms with E-state index in [1.165, 1.54) is 25.7 Å². The van der Waals surface area contributed by atoms with Crippen molar-refractivity contribution in [3.8, 4) is 6.07 Å². The summed E-state index contributed by atoms with van der Waals surface area (Å²) in [6.45, 7) is 0.795. The van der Waals surface area contributed by atoms with Crippen molar-refractivity contribution in [2.24, 2.45) is 5.41 Å². The van der Waals surface area contributed by atoms with Gasteiger partial charge in [0.1, 0.15) is 0 Å². The molecule has 0 saturated heterocycles. The molecule has 0 bridgehead atoms. The van der Waals surface area contributed by atoms with Crippen LogP contribution in [-0.4, -0.2) is 13.7 Å². The van der Waals surface area contributed by atoms with Crippen molar-refractivity contribution in [3.63, 3.8) is 0 Å². The van der Waals surface area contributed by atoms with Crippen molar-refractivity contribution in [3.05, 3.63) is 0 Å². The molecule has 0 aromatic heterocycles. The van der Waals surface area contributed by atoms with Gasteiger partial charge in [0, 0.05) is 13.7 Å². The molecule has 0 aromatic carbocycles. The molecule has 0 amide bonds. The molecule has 2 nitrogen and oxygen atoms in total. The second-order valence-corrected chi connectivity index (χ2v) is 4.40. The lowest BCUT2D eigenvalue weighted by Crippen LogP contribution is -2.18. The minimum Gasteiger partial charge on any atom is -0.385 e. The molecule has 0 N–H and O–H groups in total. The third-order valence-corrected chi connectivity index (χ3v) is 3.30. The number of hydrogen-bond acceptors (Lipinski definition) is 2. The van der Waals surface area contributed by atoms with E-state index >= 15 is 0 Å². The second kappa shape index (κ2) is 6.03. The normalized spacial score (nSPS) is 21.1. The molecule has 1 rings (SSSR count). The highest BCUT2D eigenvalue weighted by Gasteiger charge is 2.29. The molecule has 1 aliphatic carbocycles. The predicted octanol–water partition coefficient (Wildman–Crippen LogP) is 3.28. The van der Waals surface area contributed by atoms with Gasteiger partial charge in [-0.05, 0) is 25.7 Å². The Morgan fingerprint density at radius 3 is 2.36 bits per heavy atom. The summed E-state index contributed by atoms with van der Waals surface area (Å²) in [4.78, 5) is 0. The Hall–Kier alpha value is -0.550. The van der Waals surface area contributed by atoms with E-state index in [0.717, 1.165) is 32.3 Å². The molecule has 0 radical (unpaired) electrons. The fourth-order valence-corrected chi connectivity index (χ4v) is 2.38. The summed E-state index contributed by atoms with van der Waals surface area (Å²) in [7, 11) is 1.73. The number of hydrogen-bond donors (Lipinski definition) is 0. The van der Waals surface area contributed by atoms with Crippen LogP contribution in [0.25, 0.3) is 0 Å². The van der Waals surface area contributed by atoms with Crippen LogP contribution in [0.2, 0.25) is 0 Å². The average Bonchev–Trinajstić information content (AvgIpc) is 2.45. The third-order valence-electron chi connectivity index (χ3n) is 3.30. The van der Waals surface area contributed by atoms with Crippen LogP contribution in [0.15, 0.2) is 0 Å². The minimum absolute atomic E-state index is 0.0188. The molecule has 1 fully saturated rings. The number of nitriles is 1. The van der Waals surface area contributed by atoms with Crippen LogP contribution in [-0.2, 0) is 4.74 Å². The van der Waals surface area contributed by atoms with Crippen molar-refractivity contribution in [2.45, 2.75) is 51.4 Å². The summed E-state index contributed by atoms with van der Waals surface area (Å²) in [6.07, 6.45) is 9.37. The van der Waals surface area contributed by atoms with Crippen LogP contribution >= 0.6 is 0 Å². The zero-order valence-electron chi connectivity index (χ0n) is 9.22. The Morgan fingerprint density at radius 2 is 1.86 bits per heavy atom. The zero-order valence-corrected chi connectivity index (χ0v) is 9.22. The minimum atomic E-state index is -0.0188. The van der Waals surface area contributed by atoms with Gasteiger partial charge in [0.25, 0.3) is 0 Å². The Morgan fingerprint density at radius 1 is 1.21 bits per heavy atom. The third kappa shape index (κ3) is 3.31. The van der Waals surface area contributed by atoms with Gasteiger partial charge in [-0.3, -0.25) is 0 Å². The van der Waals surface area contributed by atoms with E-state index in [9.17, 15) is 5.26 Å². The van der Waals surface area contributed by atoms with Crippen LogP contribution in [0.4, 0.5) is 0 Å². The fourth-order valence-electron chi connectivity index (χ4n) is 2.38. The van der Waals surface area contributed by atoms with Crippen LogP contribution < -0.4 is 0 Å². The summed E-state index contributed by atoms with van der Waals surface area (Å²) < 4.78 is 5.04. The number of ether oxygens (including phenoxy) is 1. The van der Waals surface area contributed by atoms with Crippen molar-refractivity contribution in [2.75, 3.05) is 13.7 Å². The maximum absolute atomic E-state index is 9.28.